The van der Waals surface area contributed by atoms with E-state index < -0.39 is 0 Å². The van der Waals surface area contributed by atoms with Crippen LogP contribution in [0.15, 0.2) is 24.8 Å². The van der Waals surface area contributed by atoms with Crippen LogP contribution in [0, 0.1) is 11.3 Å². The van der Waals surface area contributed by atoms with E-state index in [1.165, 1.54) is 0 Å². The minimum absolute atomic E-state index is 0.368. The van der Waals surface area contributed by atoms with Crippen LogP contribution in [0.5, 0.6) is 0 Å². The van der Waals surface area contributed by atoms with Crippen LogP contribution in [0.1, 0.15) is 17.5 Å². The molecule has 0 fully saturated rings. The van der Waals surface area contributed by atoms with Gasteiger partial charge in [0, 0.05) is 24.8 Å². The summed E-state index contributed by atoms with van der Waals surface area (Å²) in [4.78, 5) is 13.6. The fraction of sp³-hybridized carbons (Fsp3) is 0.200. The van der Waals surface area contributed by atoms with Gasteiger partial charge < -0.3 is 9.97 Å². The molecule has 0 radical (unpaired) electrons. The zero-order valence-electron chi connectivity index (χ0n) is 9.91. The Morgan fingerprint density at radius 2 is 1.79 bits per heavy atom. The lowest BCUT2D eigenvalue weighted by Crippen LogP contribution is -1.92. The molecule has 3 aromatic heterocycles. The average molecular weight is 257 g/mol. The first-order valence-electron chi connectivity index (χ1n) is 5.44. The number of nitrogens with zero attached hydrogens (tertiary/aromatic N) is 6. The normalized spacial score (nSPS) is 9.42. The van der Waals surface area contributed by atoms with Gasteiger partial charge in [-0.3, -0.25) is 0 Å². The molecular weight excluding hydrogens is 246 g/mol. The van der Waals surface area contributed by atoms with Gasteiger partial charge in [-0.1, -0.05) is 0 Å². The summed E-state index contributed by atoms with van der Waals surface area (Å²) in [5.41, 5.74) is 0. The largest absolute Gasteiger partial charge is 0.348 e. The smallest absolute Gasteiger partial charge is 0.156 e. The molecule has 0 aromatic carbocycles. The molecule has 96 valence electrons. The summed E-state index contributed by atoms with van der Waals surface area (Å²) in [7, 11) is 0. The van der Waals surface area contributed by atoms with Gasteiger partial charge in [0.15, 0.2) is 5.82 Å². The molecule has 3 N–H and O–H groups in total. The molecule has 0 spiro atoms. The van der Waals surface area contributed by atoms with Gasteiger partial charge in [0.25, 0.3) is 0 Å². The summed E-state index contributed by atoms with van der Waals surface area (Å²) in [5, 5.41) is 21.4. The number of tetrazole rings is 1. The van der Waals surface area contributed by atoms with Crippen molar-refractivity contribution in [2.24, 2.45) is 0 Å². The number of H-pyrrole nitrogens is 3. The topological polar surface area (TPSA) is 136 Å². The van der Waals surface area contributed by atoms with Crippen LogP contribution in [0.3, 0.4) is 0 Å². The predicted molar refractivity (Wildman–Crippen MR) is 63.5 cm³/mol. The van der Waals surface area contributed by atoms with E-state index in [0.717, 1.165) is 11.6 Å². The molecule has 3 heterocycles. The molecule has 3 aromatic rings. The highest BCUT2D eigenvalue weighted by molar-refractivity contribution is 4.96. The molecule has 9 heteroatoms. The molecule has 0 atom stereocenters. The number of hydrogen-bond acceptors (Lipinski definition) is 6. The third-order valence-corrected chi connectivity index (χ3v) is 2.08. The number of hydrogen-bond donors (Lipinski definition) is 3. The molecule has 0 amide bonds. The summed E-state index contributed by atoms with van der Waals surface area (Å²) < 4.78 is 0. The van der Waals surface area contributed by atoms with Gasteiger partial charge in [0.1, 0.15) is 11.6 Å². The minimum Gasteiger partial charge on any atom is -0.348 e. The van der Waals surface area contributed by atoms with Gasteiger partial charge in [0.05, 0.1) is 18.9 Å². The van der Waals surface area contributed by atoms with Crippen LogP contribution < -0.4 is 0 Å². The van der Waals surface area contributed by atoms with Gasteiger partial charge in [-0.2, -0.15) is 5.26 Å². The maximum Gasteiger partial charge on any atom is 0.156 e. The van der Waals surface area contributed by atoms with Crippen molar-refractivity contribution in [2.75, 3.05) is 0 Å². The van der Waals surface area contributed by atoms with Gasteiger partial charge >= 0.3 is 0 Å². The molecule has 0 bridgehead atoms. The van der Waals surface area contributed by atoms with Crippen LogP contribution >= 0.6 is 0 Å². The zero-order chi connectivity index (χ0) is 13.3. The van der Waals surface area contributed by atoms with Gasteiger partial charge in [-0.05, 0) is 10.4 Å². The molecule has 9 nitrogen and oxygen atoms in total. The lowest BCUT2D eigenvalue weighted by Gasteiger charge is -1.87. The van der Waals surface area contributed by atoms with E-state index in [1.807, 2.05) is 6.07 Å². The van der Waals surface area contributed by atoms with E-state index in [2.05, 4.69) is 40.6 Å². The predicted octanol–water partition coefficient (Wildman–Crippen LogP) is -0.0106. The zero-order valence-corrected chi connectivity index (χ0v) is 9.91. The van der Waals surface area contributed by atoms with Gasteiger partial charge in [-0.15, -0.1) is 5.10 Å². The Morgan fingerprint density at radius 1 is 1.05 bits per heavy atom. The average Bonchev–Trinajstić information content (AvgIpc) is 3.12. The molecule has 3 rings (SSSR count). The van der Waals surface area contributed by atoms with E-state index in [1.54, 1.807) is 24.8 Å². The summed E-state index contributed by atoms with van der Waals surface area (Å²) >= 11 is 0. The van der Waals surface area contributed by atoms with E-state index in [4.69, 9.17) is 5.26 Å². The Labute approximate surface area is 108 Å². The fourth-order valence-electron chi connectivity index (χ4n) is 1.28. The Bertz CT molecular complexity index is 556. The maximum absolute atomic E-state index is 8.13. The first-order chi connectivity index (χ1) is 9.38. The molecule has 0 aliphatic heterocycles. The van der Waals surface area contributed by atoms with Crippen LogP contribution in [0.25, 0.3) is 0 Å². The van der Waals surface area contributed by atoms with Crippen molar-refractivity contribution in [3.05, 3.63) is 42.3 Å². The van der Waals surface area contributed by atoms with Crippen molar-refractivity contribution in [1.82, 2.24) is 40.6 Å². The summed E-state index contributed by atoms with van der Waals surface area (Å²) in [6.07, 6.45) is 7.77. The Balaban J connectivity index is 0.000000148. The van der Waals surface area contributed by atoms with E-state index in [9.17, 15) is 0 Å². The van der Waals surface area contributed by atoms with E-state index in [0.29, 0.717) is 18.7 Å². The molecule has 0 saturated heterocycles. The highest BCUT2D eigenvalue weighted by atomic mass is 15.5. The molecule has 0 aliphatic rings. The van der Waals surface area contributed by atoms with Crippen molar-refractivity contribution in [3.63, 3.8) is 0 Å². The monoisotopic (exact) mass is 257 g/mol. The highest BCUT2D eigenvalue weighted by Gasteiger charge is 1.99. The lowest BCUT2D eigenvalue weighted by molar-refractivity contribution is 0.881. The second-order valence-electron chi connectivity index (χ2n) is 3.43. The van der Waals surface area contributed by atoms with Gasteiger partial charge in [0.2, 0.25) is 0 Å². The van der Waals surface area contributed by atoms with Crippen molar-refractivity contribution < 1.29 is 0 Å². The molecule has 0 aliphatic carbocycles. The molecular formula is C10H11N9. The Morgan fingerprint density at radius 3 is 2.32 bits per heavy atom. The maximum atomic E-state index is 8.13. The molecule has 0 unspecified atom stereocenters. The van der Waals surface area contributed by atoms with E-state index >= 15 is 0 Å². The van der Waals surface area contributed by atoms with Crippen molar-refractivity contribution in [1.29, 1.82) is 5.26 Å². The molecule has 19 heavy (non-hydrogen) atoms. The van der Waals surface area contributed by atoms with Gasteiger partial charge in [-0.25, -0.2) is 15.1 Å². The van der Waals surface area contributed by atoms with Crippen molar-refractivity contribution in [2.45, 2.75) is 12.8 Å². The number of imidazole rings is 2. The second kappa shape index (κ2) is 6.65. The standard InChI is InChI=1S/C5H6N6.C5H5N3/c1-2-7-4(6-1)3-5-8-10-11-9-5;6-2-1-5-7-3-4-8-5/h1-2H,3H2,(H,6,7)(H,8,9,10,11);3-4H,1H2,(H,7,8). The number of aromatic amines is 3. The summed E-state index contributed by atoms with van der Waals surface area (Å²) in [5.74, 6) is 2.29. The Hall–Kier alpha value is -3.02. The van der Waals surface area contributed by atoms with Crippen LogP contribution in [0.2, 0.25) is 0 Å². The highest BCUT2D eigenvalue weighted by Crippen LogP contribution is 1.94. The SMILES string of the molecule is N#CCc1ncc[nH]1.c1c[nH]c(Cc2nnn[nH]2)n1. The first kappa shape index (κ1) is 12.4. The molecule has 0 saturated carbocycles. The summed E-state index contributed by atoms with van der Waals surface area (Å²) in [6, 6.07) is 1.98. The van der Waals surface area contributed by atoms with Crippen LogP contribution in [-0.2, 0) is 12.8 Å². The second-order valence-corrected chi connectivity index (χ2v) is 3.43. The fourth-order valence-corrected chi connectivity index (χ4v) is 1.28. The number of nitriles is 1. The lowest BCUT2D eigenvalue weighted by atomic mass is 10.4. The quantitative estimate of drug-likeness (QED) is 0.603. The Kier molecular flexibility index (Phi) is 4.35. The van der Waals surface area contributed by atoms with Crippen molar-refractivity contribution >= 4 is 0 Å². The number of nitrogens with one attached hydrogen (secondary N) is 3. The van der Waals surface area contributed by atoms with E-state index in [-0.39, 0.29) is 0 Å². The van der Waals surface area contributed by atoms with Crippen molar-refractivity contribution in [3.8, 4) is 6.07 Å². The summed E-state index contributed by atoms with van der Waals surface area (Å²) in [6.45, 7) is 0. The number of aromatic nitrogens is 8. The van der Waals surface area contributed by atoms with Crippen LogP contribution in [-0.4, -0.2) is 40.6 Å². The minimum atomic E-state index is 0.368. The number of rotatable bonds is 3. The first-order valence-corrected chi connectivity index (χ1v) is 5.44. The third kappa shape index (κ3) is 4.04. The van der Waals surface area contributed by atoms with Crippen LogP contribution in [0.4, 0.5) is 0 Å². The third-order valence-electron chi connectivity index (χ3n) is 2.08.